The Morgan fingerprint density at radius 1 is 1.50 bits per heavy atom. The van der Waals surface area contributed by atoms with Gasteiger partial charge in [0.05, 0.1) is 5.01 Å². The largest absolute Gasteiger partial charge is 0.314 e. The van der Waals surface area contributed by atoms with E-state index in [4.69, 9.17) is 0 Å². The molecule has 0 aromatic carbocycles. The summed E-state index contributed by atoms with van der Waals surface area (Å²) in [6.07, 6.45) is 7.21. The number of hydrogen-bond acceptors (Lipinski definition) is 4. The van der Waals surface area contributed by atoms with Crippen LogP contribution in [0.5, 0.6) is 0 Å². The monoisotopic (exact) mass is 267 g/mol. The van der Waals surface area contributed by atoms with Crippen LogP contribution in [0.25, 0.3) is 0 Å². The summed E-state index contributed by atoms with van der Waals surface area (Å²) < 4.78 is 0. The number of hydrogen-bond donors (Lipinski definition) is 2. The van der Waals surface area contributed by atoms with Crippen molar-refractivity contribution in [2.45, 2.75) is 57.5 Å². The lowest BCUT2D eigenvalue weighted by Gasteiger charge is -2.27. The quantitative estimate of drug-likeness (QED) is 0.832. The van der Waals surface area contributed by atoms with Crippen LogP contribution < -0.4 is 10.6 Å². The Bertz CT molecular complexity index is 320. The third-order valence-corrected chi connectivity index (χ3v) is 4.70. The van der Waals surface area contributed by atoms with Gasteiger partial charge in [-0.05, 0) is 32.7 Å². The molecule has 1 aromatic rings. The van der Waals surface area contributed by atoms with Crippen molar-refractivity contribution in [3.8, 4) is 0 Å². The van der Waals surface area contributed by atoms with Gasteiger partial charge in [0.15, 0.2) is 0 Å². The fourth-order valence-electron chi connectivity index (χ4n) is 2.58. The standard InChI is InChI=1S/C14H25N3S/c1-11(14-16-7-8-18-14)10-17-12(2)9-13-5-3-4-6-15-13/h7-8,11-13,15,17H,3-6,9-10H2,1-2H3. The average Bonchev–Trinajstić information content (AvgIpc) is 2.91. The molecule has 1 aliphatic rings. The topological polar surface area (TPSA) is 37.0 Å². The lowest BCUT2D eigenvalue weighted by atomic mass is 9.98. The highest BCUT2D eigenvalue weighted by molar-refractivity contribution is 7.09. The molecule has 0 aliphatic carbocycles. The first-order valence-corrected chi connectivity index (χ1v) is 8.00. The minimum Gasteiger partial charge on any atom is -0.314 e. The highest BCUT2D eigenvalue weighted by Crippen LogP contribution is 2.17. The number of nitrogens with zero attached hydrogens (tertiary/aromatic N) is 1. The highest BCUT2D eigenvalue weighted by atomic mass is 32.1. The fraction of sp³-hybridized carbons (Fsp3) is 0.786. The summed E-state index contributed by atoms with van der Waals surface area (Å²) in [5, 5.41) is 10.6. The first kappa shape index (κ1) is 14.0. The lowest BCUT2D eigenvalue weighted by molar-refractivity contribution is 0.343. The van der Waals surface area contributed by atoms with E-state index in [9.17, 15) is 0 Å². The van der Waals surface area contributed by atoms with Gasteiger partial charge in [-0.25, -0.2) is 4.98 Å². The molecule has 2 N–H and O–H groups in total. The predicted octanol–water partition coefficient (Wildman–Crippen LogP) is 2.76. The van der Waals surface area contributed by atoms with Gasteiger partial charge in [-0.2, -0.15) is 0 Å². The maximum Gasteiger partial charge on any atom is 0.0965 e. The van der Waals surface area contributed by atoms with Gasteiger partial charge in [-0.1, -0.05) is 13.3 Å². The van der Waals surface area contributed by atoms with E-state index < -0.39 is 0 Å². The minimum absolute atomic E-state index is 0.520. The second-order valence-electron chi connectivity index (χ2n) is 5.46. The van der Waals surface area contributed by atoms with Crippen molar-refractivity contribution in [2.75, 3.05) is 13.1 Å². The van der Waals surface area contributed by atoms with Crippen LogP contribution >= 0.6 is 11.3 Å². The van der Waals surface area contributed by atoms with Crippen LogP contribution in [0, 0.1) is 0 Å². The SMILES string of the molecule is CC(CC1CCCCN1)NCC(C)c1nccs1. The molecule has 1 aromatic heterocycles. The molecule has 1 saturated heterocycles. The number of rotatable bonds is 6. The summed E-state index contributed by atoms with van der Waals surface area (Å²) in [5.41, 5.74) is 0. The van der Waals surface area contributed by atoms with Crippen molar-refractivity contribution in [3.05, 3.63) is 16.6 Å². The van der Waals surface area contributed by atoms with E-state index >= 15 is 0 Å². The summed E-state index contributed by atoms with van der Waals surface area (Å²) in [6, 6.07) is 1.31. The summed E-state index contributed by atoms with van der Waals surface area (Å²) in [5.74, 6) is 0.520. The zero-order valence-corrected chi connectivity index (χ0v) is 12.3. The third-order valence-electron chi connectivity index (χ3n) is 3.70. The van der Waals surface area contributed by atoms with Crippen LogP contribution in [0.3, 0.4) is 0 Å². The molecule has 3 unspecified atom stereocenters. The molecule has 2 heterocycles. The smallest absolute Gasteiger partial charge is 0.0965 e. The second kappa shape index (κ2) is 7.22. The summed E-state index contributed by atoms with van der Waals surface area (Å²) in [4.78, 5) is 4.38. The van der Waals surface area contributed by atoms with Crippen molar-refractivity contribution >= 4 is 11.3 Å². The van der Waals surface area contributed by atoms with Crippen molar-refractivity contribution in [3.63, 3.8) is 0 Å². The first-order valence-electron chi connectivity index (χ1n) is 7.12. The molecule has 3 nitrogen and oxygen atoms in total. The zero-order chi connectivity index (χ0) is 12.8. The zero-order valence-electron chi connectivity index (χ0n) is 11.5. The second-order valence-corrected chi connectivity index (χ2v) is 6.39. The Labute approximate surface area is 114 Å². The van der Waals surface area contributed by atoms with Gasteiger partial charge in [0.25, 0.3) is 0 Å². The molecule has 18 heavy (non-hydrogen) atoms. The van der Waals surface area contributed by atoms with Gasteiger partial charge in [0.2, 0.25) is 0 Å². The van der Waals surface area contributed by atoms with E-state index in [0.717, 1.165) is 12.6 Å². The van der Waals surface area contributed by atoms with Gasteiger partial charge in [0.1, 0.15) is 0 Å². The van der Waals surface area contributed by atoms with Crippen molar-refractivity contribution < 1.29 is 0 Å². The Morgan fingerprint density at radius 3 is 3.06 bits per heavy atom. The Balaban J connectivity index is 1.66. The number of nitrogens with one attached hydrogen (secondary N) is 2. The van der Waals surface area contributed by atoms with E-state index in [-0.39, 0.29) is 0 Å². The molecule has 0 spiro atoms. The van der Waals surface area contributed by atoms with Crippen LogP contribution in [0.2, 0.25) is 0 Å². The lowest BCUT2D eigenvalue weighted by Crippen LogP contribution is -2.40. The van der Waals surface area contributed by atoms with E-state index in [0.29, 0.717) is 12.0 Å². The van der Waals surface area contributed by atoms with Gasteiger partial charge in [-0.3, -0.25) is 0 Å². The molecule has 2 rings (SSSR count). The summed E-state index contributed by atoms with van der Waals surface area (Å²) >= 11 is 1.75. The molecule has 0 radical (unpaired) electrons. The third kappa shape index (κ3) is 4.34. The van der Waals surface area contributed by atoms with Crippen molar-refractivity contribution in [1.29, 1.82) is 0 Å². The molecule has 1 aliphatic heterocycles. The summed E-state index contributed by atoms with van der Waals surface area (Å²) in [6.45, 7) is 6.77. The van der Waals surface area contributed by atoms with E-state index in [1.54, 1.807) is 11.3 Å². The van der Waals surface area contributed by atoms with Crippen LogP contribution in [0.15, 0.2) is 11.6 Å². The van der Waals surface area contributed by atoms with Gasteiger partial charge >= 0.3 is 0 Å². The molecule has 102 valence electrons. The maximum atomic E-state index is 4.38. The van der Waals surface area contributed by atoms with Gasteiger partial charge in [0, 0.05) is 36.1 Å². The van der Waals surface area contributed by atoms with Crippen LogP contribution in [-0.4, -0.2) is 30.2 Å². The molecule has 0 saturated carbocycles. The highest BCUT2D eigenvalue weighted by Gasteiger charge is 2.16. The maximum absolute atomic E-state index is 4.38. The van der Waals surface area contributed by atoms with Gasteiger partial charge in [-0.15, -0.1) is 11.3 Å². The Hall–Kier alpha value is -0.450. The normalized spacial score (nSPS) is 23.8. The summed E-state index contributed by atoms with van der Waals surface area (Å²) in [7, 11) is 0. The number of aromatic nitrogens is 1. The molecule has 0 amide bonds. The van der Waals surface area contributed by atoms with E-state index in [1.807, 2.05) is 6.20 Å². The van der Waals surface area contributed by atoms with Crippen LogP contribution in [0.1, 0.15) is 50.5 Å². The molecular weight excluding hydrogens is 242 g/mol. The van der Waals surface area contributed by atoms with Crippen LogP contribution in [-0.2, 0) is 0 Å². The molecular formula is C14H25N3S. The van der Waals surface area contributed by atoms with Crippen molar-refractivity contribution in [1.82, 2.24) is 15.6 Å². The predicted molar refractivity (Wildman–Crippen MR) is 78.3 cm³/mol. The molecule has 3 atom stereocenters. The number of piperidine rings is 1. The van der Waals surface area contributed by atoms with Crippen molar-refractivity contribution in [2.24, 2.45) is 0 Å². The van der Waals surface area contributed by atoms with E-state index in [2.05, 4.69) is 34.8 Å². The number of thiazole rings is 1. The Morgan fingerprint density at radius 2 is 2.39 bits per heavy atom. The molecule has 4 heteroatoms. The minimum atomic E-state index is 0.520. The van der Waals surface area contributed by atoms with Gasteiger partial charge < -0.3 is 10.6 Å². The van der Waals surface area contributed by atoms with E-state index in [1.165, 1.54) is 37.2 Å². The molecule has 1 fully saturated rings. The first-order chi connectivity index (χ1) is 8.75. The average molecular weight is 267 g/mol. The Kier molecular flexibility index (Phi) is 5.60. The molecule has 0 bridgehead atoms. The fourth-order valence-corrected chi connectivity index (χ4v) is 3.28. The van der Waals surface area contributed by atoms with Crippen LogP contribution in [0.4, 0.5) is 0 Å².